The molecule has 28 heavy (non-hydrogen) atoms. The van der Waals surface area contributed by atoms with Gasteiger partial charge < -0.3 is 10.1 Å². The molecule has 1 N–H and O–H groups in total. The number of carbonyl (C=O) groups is 1. The van der Waals surface area contributed by atoms with Gasteiger partial charge in [0.15, 0.2) is 0 Å². The maximum absolute atomic E-state index is 13.4. The summed E-state index contributed by atoms with van der Waals surface area (Å²) in [6, 6.07) is 18.0. The number of amides is 1. The van der Waals surface area contributed by atoms with Crippen LogP contribution in [0.2, 0.25) is 0 Å². The fourth-order valence-electron chi connectivity index (χ4n) is 3.62. The monoisotopic (exact) mass is 373 g/mol. The first-order chi connectivity index (χ1) is 13.6. The molecule has 0 radical (unpaired) electrons. The quantitative estimate of drug-likeness (QED) is 0.581. The summed E-state index contributed by atoms with van der Waals surface area (Å²) in [7, 11) is 1.58. The third kappa shape index (κ3) is 2.62. The normalized spacial score (nSPS) is 12.9. The van der Waals surface area contributed by atoms with Gasteiger partial charge in [-0.05, 0) is 65.7 Å². The van der Waals surface area contributed by atoms with E-state index in [9.17, 15) is 9.18 Å². The molecular weight excluding hydrogens is 357 g/mol. The summed E-state index contributed by atoms with van der Waals surface area (Å²) in [6.45, 7) is 0. The molecule has 5 nitrogen and oxygen atoms in total. The van der Waals surface area contributed by atoms with Gasteiger partial charge in [-0.1, -0.05) is 0 Å². The molecule has 0 aliphatic carbocycles. The van der Waals surface area contributed by atoms with Crippen LogP contribution in [0.3, 0.4) is 0 Å². The molecule has 1 aliphatic heterocycles. The van der Waals surface area contributed by atoms with Crippen molar-refractivity contribution in [1.29, 1.82) is 0 Å². The molecule has 3 heterocycles. The molecule has 0 saturated carbocycles. The van der Waals surface area contributed by atoms with E-state index in [-0.39, 0.29) is 11.7 Å². The van der Waals surface area contributed by atoms with Gasteiger partial charge in [0, 0.05) is 22.8 Å². The highest BCUT2D eigenvalue weighted by atomic mass is 19.1. The minimum absolute atomic E-state index is 0.0110. The predicted molar refractivity (Wildman–Crippen MR) is 105 cm³/mol. The smallest absolute Gasteiger partial charge is 0.228 e. The zero-order chi connectivity index (χ0) is 19.3. The van der Waals surface area contributed by atoms with Crippen molar-refractivity contribution >= 4 is 22.6 Å². The highest BCUT2D eigenvalue weighted by Crippen LogP contribution is 2.34. The van der Waals surface area contributed by atoms with Gasteiger partial charge in [0.25, 0.3) is 0 Å². The highest BCUT2D eigenvalue weighted by Gasteiger charge is 2.20. The molecule has 0 atom stereocenters. The molecule has 0 bridgehead atoms. The molecule has 5 rings (SSSR count). The van der Waals surface area contributed by atoms with Crippen LogP contribution in [0.15, 0.2) is 60.7 Å². The molecule has 0 unspecified atom stereocenters. The minimum atomic E-state index is -0.284. The Hall–Kier alpha value is -3.67. The van der Waals surface area contributed by atoms with Crippen molar-refractivity contribution in [1.82, 2.24) is 9.55 Å². The second-order valence-electron chi connectivity index (χ2n) is 6.70. The number of nitrogens with zero attached hydrogens (tertiary/aromatic N) is 2. The summed E-state index contributed by atoms with van der Waals surface area (Å²) in [5.41, 5.74) is 5.14. The molecule has 4 aromatic rings. The number of halogens is 1. The van der Waals surface area contributed by atoms with Crippen LogP contribution in [0.4, 0.5) is 10.1 Å². The molecule has 1 amide bonds. The lowest BCUT2D eigenvalue weighted by Crippen LogP contribution is -2.03. The van der Waals surface area contributed by atoms with Crippen molar-refractivity contribution < 1.29 is 13.9 Å². The van der Waals surface area contributed by atoms with Crippen LogP contribution in [-0.4, -0.2) is 22.6 Å². The van der Waals surface area contributed by atoms with Crippen molar-refractivity contribution in [3.63, 3.8) is 0 Å². The SMILES string of the molecule is COc1ccc2cc(-c3ccc(F)cc3)n(-c3ccc4c(c3)CC(=O)N4)c2n1. The standard InChI is InChI=1S/C22H16FN3O2/c1-28-21-9-4-14-11-19(13-2-5-16(23)6-3-13)26(22(14)25-21)17-7-8-18-15(10-17)12-20(27)24-18/h2-11H,12H2,1H3,(H,24,27). The molecule has 0 saturated heterocycles. The molecule has 1 aliphatic rings. The summed E-state index contributed by atoms with van der Waals surface area (Å²) < 4.78 is 20.8. The Labute approximate surface area is 160 Å². The van der Waals surface area contributed by atoms with Crippen LogP contribution >= 0.6 is 0 Å². The van der Waals surface area contributed by atoms with Crippen LogP contribution in [0.1, 0.15) is 5.56 Å². The topological polar surface area (TPSA) is 56.1 Å². The number of benzene rings is 2. The van der Waals surface area contributed by atoms with E-state index in [1.54, 1.807) is 19.2 Å². The Bertz CT molecular complexity index is 1230. The van der Waals surface area contributed by atoms with Gasteiger partial charge in [0.2, 0.25) is 11.8 Å². The summed E-state index contributed by atoms with van der Waals surface area (Å²) in [5, 5.41) is 3.79. The summed E-state index contributed by atoms with van der Waals surface area (Å²) >= 11 is 0. The Kier molecular flexibility index (Phi) is 3.65. The van der Waals surface area contributed by atoms with Crippen molar-refractivity contribution in [2.45, 2.75) is 6.42 Å². The van der Waals surface area contributed by atoms with E-state index in [1.807, 2.05) is 41.0 Å². The van der Waals surface area contributed by atoms with Gasteiger partial charge >= 0.3 is 0 Å². The number of carbonyl (C=O) groups excluding carboxylic acids is 1. The fraction of sp³-hybridized carbons (Fsp3) is 0.0909. The molecular formula is C22H16FN3O2. The van der Waals surface area contributed by atoms with Gasteiger partial charge in [-0.25, -0.2) is 4.39 Å². The molecule has 2 aromatic carbocycles. The lowest BCUT2D eigenvalue weighted by Gasteiger charge is -2.12. The average molecular weight is 373 g/mol. The second-order valence-corrected chi connectivity index (χ2v) is 6.70. The number of fused-ring (bicyclic) bond motifs is 2. The lowest BCUT2D eigenvalue weighted by atomic mass is 10.1. The van der Waals surface area contributed by atoms with Crippen LogP contribution in [0, 0.1) is 5.82 Å². The maximum atomic E-state index is 13.4. The summed E-state index contributed by atoms with van der Waals surface area (Å²) in [6.07, 6.45) is 0.352. The average Bonchev–Trinajstić information content (AvgIpc) is 3.26. The number of pyridine rings is 1. The number of rotatable bonds is 3. The van der Waals surface area contributed by atoms with Crippen LogP contribution < -0.4 is 10.1 Å². The second kappa shape index (κ2) is 6.20. The van der Waals surface area contributed by atoms with E-state index in [0.717, 1.165) is 39.2 Å². The number of methoxy groups -OCH3 is 1. The van der Waals surface area contributed by atoms with Crippen LogP contribution in [-0.2, 0) is 11.2 Å². The summed E-state index contributed by atoms with van der Waals surface area (Å²) in [4.78, 5) is 16.4. The zero-order valence-electron chi connectivity index (χ0n) is 15.1. The lowest BCUT2D eigenvalue weighted by molar-refractivity contribution is -0.115. The van der Waals surface area contributed by atoms with Gasteiger partial charge in [-0.3, -0.25) is 9.36 Å². The molecule has 0 fully saturated rings. The molecule has 138 valence electrons. The van der Waals surface area contributed by atoms with E-state index < -0.39 is 0 Å². The van der Waals surface area contributed by atoms with Gasteiger partial charge in [-0.2, -0.15) is 4.98 Å². The fourth-order valence-corrected chi connectivity index (χ4v) is 3.62. The Balaban J connectivity index is 1.78. The Morgan fingerprint density at radius 3 is 2.68 bits per heavy atom. The Morgan fingerprint density at radius 1 is 1.07 bits per heavy atom. The first kappa shape index (κ1) is 16.5. The molecule has 2 aromatic heterocycles. The van der Waals surface area contributed by atoms with E-state index in [2.05, 4.69) is 10.3 Å². The molecule has 6 heteroatoms. The van der Waals surface area contributed by atoms with E-state index in [0.29, 0.717) is 12.3 Å². The number of hydrogen-bond donors (Lipinski definition) is 1. The first-order valence-electron chi connectivity index (χ1n) is 8.88. The maximum Gasteiger partial charge on any atom is 0.228 e. The number of hydrogen-bond acceptors (Lipinski definition) is 3. The van der Waals surface area contributed by atoms with Gasteiger partial charge in [0.05, 0.1) is 19.2 Å². The van der Waals surface area contributed by atoms with Crippen LogP contribution in [0.5, 0.6) is 5.88 Å². The number of nitrogens with one attached hydrogen (secondary N) is 1. The van der Waals surface area contributed by atoms with Crippen molar-refractivity contribution in [3.05, 3.63) is 72.0 Å². The van der Waals surface area contributed by atoms with Crippen molar-refractivity contribution in [3.8, 4) is 22.8 Å². The Morgan fingerprint density at radius 2 is 1.89 bits per heavy atom. The highest BCUT2D eigenvalue weighted by molar-refractivity contribution is 5.99. The van der Waals surface area contributed by atoms with Gasteiger partial charge in [-0.15, -0.1) is 0 Å². The van der Waals surface area contributed by atoms with Crippen LogP contribution in [0.25, 0.3) is 28.0 Å². The predicted octanol–water partition coefficient (Wildman–Crippen LogP) is 4.33. The van der Waals surface area contributed by atoms with E-state index in [1.165, 1.54) is 12.1 Å². The third-order valence-corrected chi connectivity index (χ3v) is 4.95. The molecule has 0 spiro atoms. The van der Waals surface area contributed by atoms with E-state index in [4.69, 9.17) is 4.74 Å². The first-order valence-corrected chi connectivity index (χ1v) is 8.88. The minimum Gasteiger partial charge on any atom is -0.481 e. The van der Waals surface area contributed by atoms with Crippen molar-refractivity contribution in [2.75, 3.05) is 12.4 Å². The van der Waals surface area contributed by atoms with E-state index >= 15 is 0 Å². The van der Waals surface area contributed by atoms with Crippen molar-refractivity contribution in [2.24, 2.45) is 0 Å². The van der Waals surface area contributed by atoms with Gasteiger partial charge in [0.1, 0.15) is 11.5 Å². The summed E-state index contributed by atoms with van der Waals surface area (Å²) in [5.74, 6) is 0.215. The number of aromatic nitrogens is 2. The largest absolute Gasteiger partial charge is 0.481 e. The number of anilines is 1. The number of ether oxygens (including phenoxy) is 1. The zero-order valence-corrected chi connectivity index (χ0v) is 15.1. The third-order valence-electron chi connectivity index (χ3n) is 4.95.